The number of hydrogen-bond acceptors (Lipinski definition) is 2. The van der Waals surface area contributed by atoms with Gasteiger partial charge in [-0.15, -0.1) is 11.6 Å². The first-order valence-electron chi connectivity index (χ1n) is 4.13. The number of Topliss-reactive ketones (excluding diaryl/α,β-unsaturated/α-hetero) is 1. The maximum absolute atomic E-state index is 11.2. The van der Waals surface area contributed by atoms with E-state index < -0.39 is 0 Å². The van der Waals surface area contributed by atoms with Crippen molar-refractivity contribution in [2.75, 3.05) is 19.5 Å². The molecule has 0 amide bonds. The minimum atomic E-state index is 0.0652. The minimum absolute atomic E-state index is 0.0652. The highest BCUT2D eigenvalue weighted by atomic mass is 35.5. The van der Waals surface area contributed by atoms with Crippen LogP contribution < -0.4 is 0 Å². The second-order valence-corrected chi connectivity index (χ2v) is 3.55. The van der Waals surface area contributed by atoms with Crippen molar-refractivity contribution in [2.24, 2.45) is 0 Å². The zero-order valence-electron chi connectivity index (χ0n) is 7.51. The van der Waals surface area contributed by atoms with Crippen LogP contribution in [0.3, 0.4) is 0 Å². The van der Waals surface area contributed by atoms with Gasteiger partial charge in [0.15, 0.2) is 5.78 Å². The number of rotatable bonds is 2. The van der Waals surface area contributed by atoms with E-state index in [9.17, 15) is 4.79 Å². The van der Waals surface area contributed by atoms with E-state index >= 15 is 0 Å². The highest BCUT2D eigenvalue weighted by Gasteiger charge is 2.18. The maximum Gasteiger partial charge on any atom is 0.174 e. The number of ketones is 1. The van der Waals surface area contributed by atoms with Crippen LogP contribution in [0.2, 0.25) is 0 Å². The van der Waals surface area contributed by atoms with Crippen molar-refractivity contribution in [3.63, 3.8) is 0 Å². The zero-order chi connectivity index (χ0) is 9.14. The van der Waals surface area contributed by atoms with E-state index in [4.69, 9.17) is 11.6 Å². The van der Waals surface area contributed by atoms with Gasteiger partial charge in [0.2, 0.25) is 0 Å². The SMILES string of the molecule is C[C@H]1CC=C(C(=O)CCl)CN1C. The number of nitrogens with zero attached hydrogens (tertiary/aromatic N) is 1. The predicted molar refractivity (Wildman–Crippen MR) is 50.5 cm³/mol. The van der Waals surface area contributed by atoms with Gasteiger partial charge in [-0.2, -0.15) is 0 Å². The van der Waals surface area contributed by atoms with E-state index in [1.165, 1.54) is 0 Å². The molecule has 0 saturated heterocycles. The number of likely N-dealkylation sites (N-methyl/N-ethyl adjacent to an activating group) is 1. The predicted octanol–water partition coefficient (Wildman–Crippen LogP) is 1.44. The number of hydrogen-bond donors (Lipinski definition) is 0. The first-order valence-corrected chi connectivity index (χ1v) is 4.67. The van der Waals surface area contributed by atoms with Crippen molar-refractivity contribution in [3.8, 4) is 0 Å². The van der Waals surface area contributed by atoms with Gasteiger partial charge in [-0.3, -0.25) is 9.69 Å². The molecule has 0 aromatic rings. The fourth-order valence-corrected chi connectivity index (χ4v) is 1.44. The van der Waals surface area contributed by atoms with Crippen LogP contribution in [0.1, 0.15) is 13.3 Å². The highest BCUT2D eigenvalue weighted by Crippen LogP contribution is 2.14. The van der Waals surface area contributed by atoms with E-state index in [1.807, 2.05) is 13.1 Å². The highest BCUT2D eigenvalue weighted by molar-refractivity contribution is 6.30. The standard InChI is InChI=1S/C9H14ClNO/c1-7-3-4-8(6-11(7)2)9(12)5-10/h4,7H,3,5-6H2,1-2H3/t7-/m0/s1. The monoisotopic (exact) mass is 187 g/mol. The molecule has 3 heteroatoms. The fourth-order valence-electron chi connectivity index (χ4n) is 1.27. The smallest absolute Gasteiger partial charge is 0.174 e. The number of halogens is 1. The van der Waals surface area contributed by atoms with Gasteiger partial charge >= 0.3 is 0 Å². The zero-order valence-corrected chi connectivity index (χ0v) is 8.27. The molecule has 0 N–H and O–H groups in total. The maximum atomic E-state index is 11.2. The van der Waals surface area contributed by atoms with Gasteiger partial charge in [-0.1, -0.05) is 6.08 Å². The summed E-state index contributed by atoms with van der Waals surface area (Å²) in [7, 11) is 2.03. The Hall–Kier alpha value is -0.340. The summed E-state index contributed by atoms with van der Waals surface area (Å²) in [6.45, 7) is 2.89. The molecule has 0 aromatic heterocycles. The van der Waals surface area contributed by atoms with E-state index in [0.29, 0.717) is 6.04 Å². The number of carbonyl (C=O) groups is 1. The summed E-state index contributed by atoms with van der Waals surface area (Å²) < 4.78 is 0. The van der Waals surface area contributed by atoms with Crippen LogP contribution in [0.4, 0.5) is 0 Å². The Morgan fingerprint density at radius 3 is 3.00 bits per heavy atom. The molecule has 0 spiro atoms. The van der Waals surface area contributed by atoms with Crippen molar-refractivity contribution >= 4 is 17.4 Å². The number of carbonyl (C=O) groups excluding carboxylic acids is 1. The van der Waals surface area contributed by atoms with Crippen LogP contribution in [-0.2, 0) is 4.79 Å². The average Bonchev–Trinajstić information content (AvgIpc) is 2.08. The van der Waals surface area contributed by atoms with Gasteiger partial charge in [-0.05, 0) is 20.4 Å². The lowest BCUT2D eigenvalue weighted by atomic mass is 10.0. The van der Waals surface area contributed by atoms with Crippen LogP contribution in [0.5, 0.6) is 0 Å². The van der Waals surface area contributed by atoms with Gasteiger partial charge < -0.3 is 0 Å². The molecule has 1 rings (SSSR count). The quantitative estimate of drug-likeness (QED) is 0.610. The van der Waals surface area contributed by atoms with Gasteiger partial charge in [0.1, 0.15) is 0 Å². The molecule has 0 saturated carbocycles. The molecule has 1 atom stereocenters. The summed E-state index contributed by atoms with van der Waals surface area (Å²) in [5.74, 6) is 0.170. The molecule has 1 heterocycles. The lowest BCUT2D eigenvalue weighted by molar-refractivity contribution is -0.113. The number of alkyl halides is 1. The van der Waals surface area contributed by atoms with Crippen LogP contribution >= 0.6 is 11.6 Å². The second kappa shape index (κ2) is 4.06. The van der Waals surface area contributed by atoms with Crippen molar-refractivity contribution in [2.45, 2.75) is 19.4 Å². The first kappa shape index (κ1) is 9.75. The molecule has 0 aliphatic carbocycles. The molecule has 1 aliphatic rings. The van der Waals surface area contributed by atoms with Crippen LogP contribution in [0, 0.1) is 0 Å². The summed E-state index contributed by atoms with van der Waals surface area (Å²) in [5, 5.41) is 0. The normalized spacial score (nSPS) is 25.2. The Morgan fingerprint density at radius 1 is 1.83 bits per heavy atom. The van der Waals surface area contributed by atoms with Crippen molar-refractivity contribution < 1.29 is 4.79 Å². The van der Waals surface area contributed by atoms with Crippen molar-refractivity contribution in [1.29, 1.82) is 0 Å². The van der Waals surface area contributed by atoms with Crippen molar-refractivity contribution in [1.82, 2.24) is 4.90 Å². The molecule has 1 aliphatic heterocycles. The van der Waals surface area contributed by atoms with Crippen LogP contribution in [0.15, 0.2) is 11.6 Å². The molecule has 0 aromatic carbocycles. The Balaban J connectivity index is 2.64. The molecule has 0 unspecified atom stereocenters. The van der Waals surface area contributed by atoms with Gasteiger partial charge in [0.05, 0.1) is 5.88 Å². The third kappa shape index (κ3) is 2.08. The van der Waals surface area contributed by atoms with Gasteiger partial charge in [0.25, 0.3) is 0 Å². The third-order valence-corrected chi connectivity index (χ3v) is 2.60. The topological polar surface area (TPSA) is 20.3 Å². The average molecular weight is 188 g/mol. The summed E-state index contributed by atoms with van der Waals surface area (Å²) in [5.41, 5.74) is 0.866. The van der Waals surface area contributed by atoms with Crippen LogP contribution in [-0.4, -0.2) is 36.2 Å². The van der Waals surface area contributed by atoms with Gasteiger partial charge in [0, 0.05) is 18.2 Å². The second-order valence-electron chi connectivity index (χ2n) is 3.29. The molecular formula is C9H14ClNO. The summed E-state index contributed by atoms with van der Waals surface area (Å²) >= 11 is 5.46. The molecule has 0 fully saturated rings. The van der Waals surface area contributed by atoms with Crippen molar-refractivity contribution in [3.05, 3.63) is 11.6 Å². The molecule has 12 heavy (non-hydrogen) atoms. The first-order chi connectivity index (χ1) is 5.65. The molecular weight excluding hydrogens is 174 g/mol. The van der Waals surface area contributed by atoms with Crippen LogP contribution in [0.25, 0.3) is 0 Å². The minimum Gasteiger partial charge on any atom is -0.299 e. The third-order valence-electron chi connectivity index (χ3n) is 2.36. The summed E-state index contributed by atoms with van der Waals surface area (Å²) in [4.78, 5) is 13.4. The lowest BCUT2D eigenvalue weighted by Gasteiger charge is -2.28. The van der Waals surface area contributed by atoms with Gasteiger partial charge in [-0.25, -0.2) is 0 Å². The van der Waals surface area contributed by atoms with E-state index in [2.05, 4.69) is 11.8 Å². The Kier molecular flexibility index (Phi) is 3.29. The molecule has 2 nitrogen and oxygen atoms in total. The van der Waals surface area contributed by atoms with E-state index in [0.717, 1.165) is 18.5 Å². The molecule has 0 bridgehead atoms. The summed E-state index contributed by atoms with van der Waals surface area (Å²) in [6.07, 6.45) is 2.96. The Bertz CT molecular complexity index is 213. The molecule has 0 radical (unpaired) electrons. The lowest BCUT2D eigenvalue weighted by Crippen LogP contribution is -2.35. The largest absolute Gasteiger partial charge is 0.299 e. The summed E-state index contributed by atoms with van der Waals surface area (Å²) in [6, 6.07) is 0.539. The Labute approximate surface area is 78.2 Å². The Morgan fingerprint density at radius 2 is 2.50 bits per heavy atom. The van der Waals surface area contributed by atoms with E-state index in [-0.39, 0.29) is 11.7 Å². The molecule has 68 valence electrons. The van der Waals surface area contributed by atoms with E-state index in [1.54, 1.807) is 0 Å². The fraction of sp³-hybridized carbons (Fsp3) is 0.667.